The zero-order valence-corrected chi connectivity index (χ0v) is 18.8. The lowest BCUT2D eigenvalue weighted by atomic mass is 10.1. The SMILES string of the molecule is CC(Oc1cc(-c2n[nH]c(Nc3cnccn3)c2C(N)=O)ccc1N[S+]([O-])C(F)F)c1ncco1. The Kier molecular flexibility index (Phi) is 7.07. The molecule has 2 atom stereocenters. The Morgan fingerprint density at radius 1 is 1.29 bits per heavy atom. The predicted octanol–water partition coefficient (Wildman–Crippen LogP) is 3.14. The van der Waals surface area contributed by atoms with Gasteiger partial charge in [0.1, 0.15) is 52.0 Å². The van der Waals surface area contributed by atoms with Crippen LogP contribution < -0.4 is 20.5 Å². The molecule has 0 aliphatic carbocycles. The number of ether oxygens (including phenoxy) is 1. The number of hydrogen-bond donors (Lipinski definition) is 4. The lowest BCUT2D eigenvalue weighted by molar-refractivity contribution is 0.100. The second kappa shape index (κ2) is 10.4. The van der Waals surface area contributed by atoms with Crippen molar-refractivity contribution in [3.63, 3.8) is 0 Å². The number of aromatic amines is 1. The minimum atomic E-state index is -3.13. The van der Waals surface area contributed by atoms with Crippen LogP contribution in [0.25, 0.3) is 11.3 Å². The van der Waals surface area contributed by atoms with Gasteiger partial charge in [-0.05, 0) is 19.1 Å². The molecule has 5 N–H and O–H groups in total. The van der Waals surface area contributed by atoms with Crippen molar-refractivity contribution >= 4 is 34.6 Å². The van der Waals surface area contributed by atoms with Crippen molar-refractivity contribution in [1.82, 2.24) is 25.1 Å². The second-order valence-electron chi connectivity index (χ2n) is 6.90. The van der Waals surface area contributed by atoms with E-state index in [-0.39, 0.29) is 34.4 Å². The van der Waals surface area contributed by atoms with Gasteiger partial charge in [0, 0.05) is 18.0 Å². The summed E-state index contributed by atoms with van der Waals surface area (Å²) in [4.78, 5) is 24.3. The summed E-state index contributed by atoms with van der Waals surface area (Å²) in [6.45, 7) is 1.62. The largest absolute Gasteiger partial charge is 0.588 e. The number of halogens is 2. The van der Waals surface area contributed by atoms with Crippen LogP contribution in [0.15, 0.2) is 53.7 Å². The van der Waals surface area contributed by atoms with E-state index in [4.69, 9.17) is 14.9 Å². The number of primary amides is 1. The number of rotatable bonds is 10. The summed E-state index contributed by atoms with van der Waals surface area (Å²) < 4.78 is 50.8. The number of oxazole rings is 1. The molecule has 0 aliphatic rings. The van der Waals surface area contributed by atoms with Crippen molar-refractivity contribution in [3.05, 3.63) is 60.7 Å². The minimum Gasteiger partial charge on any atom is -0.588 e. The number of benzene rings is 1. The summed E-state index contributed by atoms with van der Waals surface area (Å²) in [5.41, 5.74) is 6.13. The van der Waals surface area contributed by atoms with Crippen LogP contribution in [0.5, 0.6) is 5.75 Å². The zero-order valence-electron chi connectivity index (χ0n) is 17.9. The summed E-state index contributed by atoms with van der Waals surface area (Å²) in [6, 6.07) is 4.27. The Bertz CT molecular complexity index is 1290. The average molecular weight is 504 g/mol. The van der Waals surface area contributed by atoms with Crippen LogP contribution >= 0.6 is 0 Å². The topological polar surface area (TPSA) is 180 Å². The molecule has 0 fully saturated rings. The zero-order chi connectivity index (χ0) is 24.9. The normalized spacial score (nSPS) is 12.8. The Morgan fingerprint density at radius 3 is 2.77 bits per heavy atom. The van der Waals surface area contributed by atoms with Crippen LogP contribution in [0, 0.1) is 0 Å². The third kappa shape index (κ3) is 5.47. The third-order valence-electron chi connectivity index (χ3n) is 4.56. The number of amides is 1. The van der Waals surface area contributed by atoms with Gasteiger partial charge < -0.3 is 24.8 Å². The Morgan fingerprint density at radius 2 is 2.11 bits per heavy atom. The number of nitrogens with zero attached hydrogens (tertiary/aromatic N) is 4. The maximum Gasteiger partial charge on any atom is 0.421 e. The van der Waals surface area contributed by atoms with E-state index in [2.05, 4.69) is 35.2 Å². The van der Waals surface area contributed by atoms with Gasteiger partial charge in [-0.3, -0.25) is 14.9 Å². The number of carbonyl (C=O) groups is 1. The Balaban J connectivity index is 1.72. The molecule has 2 unspecified atom stereocenters. The molecule has 3 aromatic heterocycles. The lowest BCUT2D eigenvalue weighted by Gasteiger charge is -2.18. The molecule has 35 heavy (non-hydrogen) atoms. The van der Waals surface area contributed by atoms with Crippen LogP contribution in [0.4, 0.5) is 26.1 Å². The summed E-state index contributed by atoms with van der Waals surface area (Å²) in [5, 5.41) is 9.74. The van der Waals surface area contributed by atoms with Crippen molar-refractivity contribution < 1.29 is 27.3 Å². The molecular weight excluding hydrogens is 486 g/mol. The molecule has 0 bridgehead atoms. The first kappa shape index (κ1) is 23.9. The maximum absolute atomic E-state index is 12.9. The van der Waals surface area contributed by atoms with Gasteiger partial charge in [0.2, 0.25) is 5.89 Å². The summed E-state index contributed by atoms with van der Waals surface area (Å²) >= 11 is -2.69. The number of hydrogen-bond acceptors (Lipinski definition) is 10. The number of alkyl halides is 2. The van der Waals surface area contributed by atoms with Gasteiger partial charge in [0.25, 0.3) is 5.91 Å². The Labute approximate surface area is 199 Å². The molecule has 4 aromatic rings. The van der Waals surface area contributed by atoms with Gasteiger partial charge in [-0.15, -0.1) is 0 Å². The van der Waals surface area contributed by atoms with Crippen LogP contribution in [0.1, 0.15) is 29.3 Å². The molecule has 0 saturated carbocycles. The van der Waals surface area contributed by atoms with E-state index in [0.717, 1.165) is 0 Å². The highest BCUT2D eigenvalue weighted by molar-refractivity contribution is 7.93. The molecule has 1 aromatic carbocycles. The second-order valence-corrected chi connectivity index (χ2v) is 8.06. The number of carbonyl (C=O) groups excluding carboxylic acids is 1. The molecule has 12 nitrogen and oxygen atoms in total. The molecule has 15 heteroatoms. The van der Waals surface area contributed by atoms with Crippen molar-refractivity contribution in [2.45, 2.75) is 18.8 Å². The van der Waals surface area contributed by atoms with E-state index >= 15 is 0 Å². The maximum atomic E-state index is 12.9. The fourth-order valence-electron chi connectivity index (χ4n) is 3.05. The van der Waals surface area contributed by atoms with Crippen LogP contribution in [-0.2, 0) is 11.4 Å². The first-order valence-electron chi connectivity index (χ1n) is 9.90. The first-order chi connectivity index (χ1) is 16.8. The summed E-state index contributed by atoms with van der Waals surface area (Å²) in [5.74, 6) is -3.16. The smallest absolute Gasteiger partial charge is 0.421 e. The minimum absolute atomic E-state index is 0.0132. The number of H-pyrrole nitrogens is 1. The van der Waals surface area contributed by atoms with E-state index in [1.807, 2.05) is 0 Å². The van der Waals surface area contributed by atoms with Crippen LogP contribution in [0.2, 0.25) is 0 Å². The number of aromatic nitrogens is 5. The average Bonchev–Trinajstić information content (AvgIpc) is 3.51. The van der Waals surface area contributed by atoms with Gasteiger partial charge in [0.05, 0.1) is 12.4 Å². The van der Waals surface area contributed by atoms with Crippen molar-refractivity contribution in [2.75, 3.05) is 10.0 Å². The molecule has 0 spiro atoms. The van der Waals surface area contributed by atoms with Crippen molar-refractivity contribution in [2.24, 2.45) is 5.73 Å². The molecule has 4 rings (SSSR count). The lowest BCUT2D eigenvalue weighted by Crippen LogP contribution is -2.21. The van der Waals surface area contributed by atoms with E-state index in [1.54, 1.807) is 6.92 Å². The molecule has 0 radical (unpaired) electrons. The predicted molar refractivity (Wildman–Crippen MR) is 121 cm³/mol. The molecular formula is C20H18F2N8O4S. The first-order valence-corrected chi connectivity index (χ1v) is 11.1. The number of nitrogens with one attached hydrogen (secondary N) is 3. The molecule has 0 aliphatic heterocycles. The fraction of sp³-hybridized carbons (Fsp3) is 0.150. The molecule has 182 valence electrons. The third-order valence-corrected chi connectivity index (χ3v) is 5.30. The van der Waals surface area contributed by atoms with E-state index in [1.165, 1.54) is 49.2 Å². The van der Waals surface area contributed by atoms with Gasteiger partial charge in [-0.1, -0.05) is 6.07 Å². The van der Waals surface area contributed by atoms with Gasteiger partial charge in [-0.2, -0.15) is 18.6 Å². The highest BCUT2D eigenvalue weighted by Gasteiger charge is 2.26. The molecule has 0 saturated heterocycles. The standard InChI is InChI=1S/C20H18F2N8O4S/c1-10(19-26-6-7-33-19)34-13-8-11(2-3-12(13)30-35(32)20(21)22)16-15(17(23)31)18(29-28-16)27-14-9-24-4-5-25-14/h2-10,20,30H,1H3,(H2,23,31)(H2,25,27,28,29). The number of nitrogens with two attached hydrogens (primary N) is 1. The van der Waals surface area contributed by atoms with Crippen LogP contribution in [-0.4, -0.2) is 41.4 Å². The molecule has 1 amide bonds. The van der Waals surface area contributed by atoms with Crippen LogP contribution in [0.3, 0.4) is 0 Å². The van der Waals surface area contributed by atoms with Gasteiger partial charge in [0.15, 0.2) is 6.10 Å². The number of anilines is 3. The van der Waals surface area contributed by atoms with Crippen molar-refractivity contribution in [3.8, 4) is 17.0 Å². The van der Waals surface area contributed by atoms with Crippen molar-refractivity contribution in [1.29, 1.82) is 0 Å². The Hall–Kier alpha value is -4.24. The summed E-state index contributed by atoms with van der Waals surface area (Å²) in [6.07, 6.45) is 6.42. The monoisotopic (exact) mass is 504 g/mol. The highest BCUT2D eigenvalue weighted by Crippen LogP contribution is 2.36. The highest BCUT2D eigenvalue weighted by atomic mass is 32.2. The fourth-order valence-corrected chi connectivity index (χ4v) is 3.53. The van der Waals surface area contributed by atoms with E-state index in [9.17, 15) is 18.1 Å². The molecule has 3 heterocycles. The summed E-state index contributed by atoms with van der Waals surface area (Å²) in [7, 11) is 0. The van der Waals surface area contributed by atoms with Gasteiger partial charge in [-0.25, -0.2) is 9.97 Å². The quantitative estimate of drug-likeness (QED) is 0.234. The van der Waals surface area contributed by atoms with Gasteiger partial charge >= 0.3 is 5.76 Å². The van der Waals surface area contributed by atoms with E-state index < -0.39 is 29.1 Å². The van der Waals surface area contributed by atoms with E-state index in [0.29, 0.717) is 11.4 Å².